The van der Waals surface area contributed by atoms with Crippen LogP contribution in [0.4, 0.5) is 5.69 Å². The molecule has 4 nitrogen and oxygen atoms in total. The molecular formula is C15H18BrN3OS. The molecule has 0 aliphatic carbocycles. The first-order chi connectivity index (χ1) is 10.0. The van der Waals surface area contributed by atoms with Gasteiger partial charge in [0.2, 0.25) is 0 Å². The van der Waals surface area contributed by atoms with Gasteiger partial charge in [-0.25, -0.2) is 4.99 Å². The quantitative estimate of drug-likeness (QED) is 0.614. The van der Waals surface area contributed by atoms with E-state index in [-0.39, 0.29) is 6.10 Å². The Balaban J connectivity index is 1.91. The number of hydrogen-bond acceptors (Lipinski definition) is 3. The minimum absolute atomic E-state index is 0.167. The third-order valence-electron chi connectivity index (χ3n) is 2.53. The molecule has 1 aromatic carbocycles. The van der Waals surface area contributed by atoms with Crippen molar-refractivity contribution >= 4 is 38.9 Å². The van der Waals surface area contributed by atoms with Gasteiger partial charge in [-0.3, -0.25) is 0 Å². The van der Waals surface area contributed by atoms with Gasteiger partial charge in [0.1, 0.15) is 5.75 Å². The molecule has 3 N–H and O–H groups in total. The zero-order chi connectivity index (χ0) is 15.2. The number of anilines is 1. The summed E-state index contributed by atoms with van der Waals surface area (Å²) in [6.07, 6.45) is 0.167. The van der Waals surface area contributed by atoms with Crippen molar-refractivity contribution in [2.24, 2.45) is 10.7 Å². The van der Waals surface area contributed by atoms with Crippen LogP contribution in [0.25, 0.3) is 0 Å². The number of nitrogens with two attached hydrogens (primary N) is 1. The van der Waals surface area contributed by atoms with E-state index in [9.17, 15) is 0 Å². The van der Waals surface area contributed by atoms with E-state index in [1.165, 1.54) is 0 Å². The zero-order valence-electron chi connectivity index (χ0n) is 12.0. The number of nitrogens with one attached hydrogen (secondary N) is 1. The lowest BCUT2D eigenvalue weighted by atomic mass is 10.3. The van der Waals surface area contributed by atoms with Crippen molar-refractivity contribution < 1.29 is 4.74 Å². The highest BCUT2D eigenvalue weighted by Crippen LogP contribution is 2.22. The Morgan fingerprint density at radius 3 is 2.57 bits per heavy atom. The molecule has 0 aliphatic rings. The Labute approximate surface area is 137 Å². The van der Waals surface area contributed by atoms with E-state index >= 15 is 0 Å². The van der Waals surface area contributed by atoms with Crippen LogP contribution in [0.5, 0.6) is 5.75 Å². The lowest BCUT2D eigenvalue weighted by Gasteiger charge is -2.10. The van der Waals surface area contributed by atoms with Crippen molar-refractivity contribution in [3.8, 4) is 5.75 Å². The summed E-state index contributed by atoms with van der Waals surface area (Å²) in [4.78, 5) is 5.48. The summed E-state index contributed by atoms with van der Waals surface area (Å²) < 4.78 is 6.69. The zero-order valence-corrected chi connectivity index (χ0v) is 14.4. The standard InChI is InChI=1S/C15H18BrN3OS/c1-10(2)20-12-5-3-11(4-6-12)19-15(17)18-9-13-7-8-14(16)21-13/h3-8,10H,9H2,1-2H3,(H3,17,18,19). The minimum Gasteiger partial charge on any atom is -0.491 e. The van der Waals surface area contributed by atoms with Crippen LogP contribution in [-0.4, -0.2) is 12.1 Å². The van der Waals surface area contributed by atoms with Gasteiger partial charge in [0.05, 0.1) is 16.4 Å². The monoisotopic (exact) mass is 367 g/mol. The van der Waals surface area contributed by atoms with E-state index in [1.807, 2.05) is 50.2 Å². The van der Waals surface area contributed by atoms with Gasteiger partial charge in [0, 0.05) is 10.6 Å². The lowest BCUT2D eigenvalue weighted by Crippen LogP contribution is -2.22. The van der Waals surface area contributed by atoms with Crippen LogP contribution in [0.3, 0.4) is 0 Å². The van der Waals surface area contributed by atoms with Gasteiger partial charge in [-0.05, 0) is 66.2 Å². The number of halogens is 1. The molecule has 0 atom stereocenters. The summed E-state index contributed by atoms with van der Waals surface area (Å²) >= 11 is 5.08. The second kappa shape index (κ2) is 7.47. The maximum absolute atomic E-state index is 5.88. The first-order valence-electron chi connectivity index (χ1n) is 6.61. The summed E-state index contributed by atoms with van der Waals surface area (Å²) in [5.74, 6) is 1.24. The fourth-order valence-corrected chi connectivity index (χ4v) is 3.08. The first kappa shape index (κ1) is 15.9. The number of ether oxygens (including phenoxy) is 1. The Morgan fingerprint density at radius 2 is 2.00 bits per heavy atom. The smallest absolute Gasteiger partial charge is 0.193 e. The molecule has 1 aromatic heterocycles. The molecular weight excluding hydrogens is 350 g/mol. The molecule has 6 heteroatoms. The first-order valence-corrected chi connectivity index (χ1v) is 8.22. The number of benzene rings is 1. The molecule has 0 bridgehead atoms. The largest absolute Gasteiger partial charge is 0.491 e. The van der Waals surface area contributed by atoms with Crippen LogP contribution in [-0.2, 0) is 6.54 Å². The van der Waals surface area contributed by atoms with Gasteiger partial charge in [0.25, 0.3) is 0 Å². The summed E-state index contributed by atoms with van der Waals surface area (Å²) in [6.45, 7) is 4.57. The van der Waals surface area contributed by atoms with Gasteiger partial charge >= 0.3 is 0 Å². The molecule has 112 valence electrons. The number of rotatable bonds is 5. The maximum atomic E-state index is 5.88. The summed E-state index contributed by atoms with van der Waals surface area (Å²) in [6, 6.07) is 11.7. The van der Waals surface area contributed by atoms with E-state index in [4.69, 9.17) is 10.5 Å². The van der Waals surface area contributed by atoms with Gasteiger partial charge < -0.3 is 15.8 Å². The van der Waals surface area contributed by atoms with Gasteiger partial charge in [-0.1, -0.05) is 0 Å². The van der Waals surface area contributed by atoms with Crippen LogP contribution < -0.4 is 15.8 Å². The predicted octanol–water partition coefficient (Wildman–Crippen LogP) is 4.22. The third-order valence-corrected chi connectivity index (χ3v) is 4.14. The molecule has 0 spiro atoms. The SMILES string of the molecule is CC(C)Oc1ccc(NC(N)=NCc2ccc(Br)s2)cc1. The summed E-state index contributed by atoms with van der Waals surface area (Å²) in [5, 5.41) is 3.06. The number of guanidine groups is 1. The van der Waals surface area contributed by atoms with Gasteiger partial charge in [-0.2, -0.15) is 0 Å². The maximum Gasteiger partial charge on any atom is 0.193 e. The van der Waals surface area contributed by atoms with Crippen molar-refractivity contribution in [2.75, 3.05) is 5.32 Å². The predicted molar refractivity (Wildman–Crippen MR) is 93.2 cm³/mol. The molecule has 0 aliphatic heterocycles. The van der Waals surface area contributed by atoms with E-state index in [0.717, 1.165) is 20.1 Å². The Morgan fingerprint density at radius 1 is 1.29 bits per heavy atom. The second-order valence-corrected chi connectivity index (χ2v) is 7.27. The minimum atomic E-state index is 0.167. The number of thiophene rings is 1. The van der Waals surface area contributed by atoms with E-state index < -0.39 is 0 Å². The van der Waals surface area contributed by atoms with Crippen LogP contribution in [0, 0.1) is 0 Å². The van der Waals surface area contributed by atoms with Crippen molar-refractivity contribution in [1.29, 1.82) is 0 Å². The second-order valence-electron chi connectivity index (χ2n) is 4.72. The number of nitrogens with zero attached hydrogens (tertiary/aromatic N) is 1. The van der Waals surface area contributed by atoms with Crippen LogP contribution in [0.2, 0.25) is 0 Å². The number of hydrogen-bond donors (Lipinski definition) is 2. The lowest BCUT2D eigenvalue weighted by molar-refractivity contribution is 0.242. The van der Waals surface area contributed by atoms with Crippen molar-refractivity contribution in [3.63, 3.8) is 0 Å². The fraction of sp³-hybridized carbons (Fsp3) is 0.267. The average Bonchev–Trinajstić information content (AvgIpc) is 2.84. The fourth-order valence-electron chi connectivity index (χ4n) is 1.68. The Bertz CT molecular complexity index is 608. The van der Waals surface area contributed by atoms with Gasteiger partial charge in [0.15, 0.2) is 5.96 Å². The summed E-state index contributed by atoms with van der Waals surface area (Å²) in [5.41, 5.74) is 6.77. The van der Waals surface area contributed by atoms with Crippen molar-refractivity contribution in [1.82, 2.24) is 0 Å². The highest BCUT2D eigenvalue weighted by atomic mass is 79.9. The molecule has 0 fully saturated rings. The molecule has 0 unspecified atom stereocenters. The molecule has 2 rings (SSSR count). The molecule has 0 radical (unpaired) electrons. The van der Waals surface area contributed by atoms with Crippen LogP contribution >= 0.6 is 27.3 Å². The van der Waals surface area contributed by atoms with Crippen LogP contribution in [0.15, 0.2) is 45.2 Å². The summed E-state index contributed by atoms with van der Waals surface area (Å²) in [7, 11) is 0. The molecule has 0 amide bonds. The van der Waals surface area contributed by atoms with E-state index in [1.54, 1.807) is 11.3 Å². The number of aliphatic imine (C=N–C) groups is 1. The topological polar surface area (TPSA) is 59.6 Å². The van der Waals surface area contributed by atoms with Gasteiger partial charge in [-0.15, -0.1) is 11.3 Å². The van der Waals surface area contributed by atoms with E-state index in [0.29, 0.717) is 12.5 Å². The Kier molecular flexibility index (Phi) is 5.64. The molecule has 21 heavy (non-hydrogen) atoms. The molecule has 2 aromatic rings. The third kappa shape index (κ3) is 5.40. The Hall–Kier alpha value is -1.53. The van der Waals surface area contributed by atoms with Crippen molar-refractivity contribution in [3.05, 3.63) is 45.1 Å². The average molecular weight is 368 g/mol. The molecule has 1 heterocycles. The van der Waals surface area contributed by atoms with Crippen molar-refractivity contribution in [2.45, 2.75) is 26.5 Å². The van der Waals surface area contributed by atoms with Crippen LogP contribution in [0.1, 0.15) is 18.7 Å². The van der Waals surface area contributed by atoms with E-state index in [2.05, 4.69) is 26.2 Å². The highest BCUT2D eigenvalue weighted by Gasteiger charge is 2.00. The molecule has 0 saturated carbocycles. The molecule has 0 saturated heterocycles. The highest BCUT2D eigenvalue weighted by molar-refractivity contribution is 9.11. The normalized spacial score (nSPS) is 11.7.